The average Bonchev–Trinajstić information content (AvgIpc) is 2.91. The van der Waals surface area contributed by atoms with Crippen LogP contribution in [0.5, 0.6) is 0 Å². The van der Waals surface area contributed by atoms with E-state index >= 15 is 0 Å². The first kappa shape index (κ1) is 16.7. The van der Waals surface area contributed by atoms with Crippen molar-refractivity contribution in [2.45, 2.75) is 13.8 Å². The van der Waals surface area contributed by atoms with Crippen LogP contribution in [0.25, 0.3) is 0 Å². The predicted molar refractivity (Wildman–Crippen MR) is 87.0 cm³/mol. The molecule has 0 bridgehead atoms. The van der Waals surface area contributed by atoms with Crippen LogP contribution in [0.1, 0.15) is 20.8 Å². The summed E-state index contributed by atoms with van der Waals surface area (Å²) in [6.07, 6.45) is 1.39. The molecule has 0 spiro atoms. The molecule has 1 amide bonds. The summed E-state index contributed by atoms with van der Waals surface area (Å²) < 4.78 is 4.96. The maximum Gasteiger partial charge on any atom is 0.349 e. The minimum atomic E-state index is -0.533. The van der Waals surface area contributed by atoms with Gasteiger partial charge in [-0.25, -0.2) is 9.78 Å². The minimum absolute atomic E-state index is 0.178. The molecule has 2 aromatic rings. The van der Waals surface area contributed by atoms with Crippen LogP contribution in [0.3, 0.4) is 0 Å². The van der Waals surface area contributed by atoms with Crippen molar-refractivity contribution in [3.63, 3.8) is 0 Å². The molecule has 2 heterocycles. The van der Waals surface area contributed by atoms with E-state index in [9.17, 15) is 9.59 Å². The number of carbonyl (C=O) groups is 2. The molecule has 1 N–H and O–H groups in total. The van der Waals surface area contributed by atoms with Gasteiger partial charge in [-0.05, 0) is 36.4 Å². The van der Waals surface area contributed by atoms with Gasteiger partial charge in [-0.1, -0.05) is 23.2 Å². The zero-order chi connectivity index (χ0) is 16.3. The number of hydrogen-bond donors (Lipinski definition) is 1. The lowest BCUT2D eigenvalue weighted by molar-refractivity contribution is -0.119. The van der Waals surface area contributed by atoms with Crippen LogP contribution in [-0.4, -0.2) is 23.5 Å². The molecule has 5 nitrogen and oxygen atoms in total. The molecule has 2 aromatic heterocycles. The highest BCUT2D eigenvalue weighted by Crippen LogP contribution is 2.28. The lowest BCUT2D eigenvalue weighted by atomic mass is 10.3. The number of halogens is 2. The van der Waals surface area contributed by atoms with Gasteiger partial charge in [-0.15, -0.1) is 11.3 Å². The summed E-state index contributed by atoms with van der Waals surface area (Å²) in [7, 11) is 0. The SMILES string of the molecule is Cc1ccsc1C(=O)OCC(=O)Nc1ncc(Cl)c(C)c1Cl. The van der Waals surface area contributed by atoms with Crippen LogP contribution < -0.4 is 5.32 Å². The van der Waals surface area contributed by atoms with Gasteiger partial charge in [-0.3, -0.25) is 4.79 Å². The number of thiophene rings is 1. The molecule has 0 aromatic carbocycles. The summed E-state index contributed by atoms with van der Waals surface area (Å²) >= 11 is 13.2. The fourth-order valence-electron chi connectivity index (χ4n) is 1.59. The topological polar surface area (TPSA) is 68.3 Å². The summed E-state index contributed by atoms with van der Waals surface area (Å²) in [5, 5.41) is 4.92. The zero-order valence-corrected chi connectivity index (χ0v) is 14.1. The Balaban J connectivity index is 1.95. The number of rotatable bonds is 4. The van der Waals surface area contributed by atoms with E-state index in [1.54, 1.807) is 19.2 Å². The van der Waals surface area contributed by atoms with Gasteiger partial charge in [0.15, 0.2) is 12.4 Å². The first-order valence-corrected chi connectivity index (χ1v) is 7.85. The highest BCUT2D eigenvalue weighted by Gasteiger charge is 2.16. The maximum absolute atomic E-state index is 11.8. The number of esters is 1. The molecule has 0 aliphatic rings. The maximum atomic E-state index is 11.8. The number of nitrogens with one attached hydrogen (secondary N) is 1. The van der Waals surface area contributed by atoms with Crippen molar-refractivity contribution in [1.29, 1.82) is 0 Å². The Kier molecular flexibility index (Phi) is 5.39. The summed E-state index contributed by atoms with van der Waals surface area (Å²) in [6, 6.07) is 1.81. The molecule has 2 rings (SSSR count). The van der Waals surface area contributed by atoms with Crippen LogP contribution in [-0.2, 0) is 9.53 Å². The molecule has 8 heteroatoms. The molecule has 0 fully saturated rings. The minimum Gasteiger partial charge on any atom is -0.451 e. The summed E-state index contributed by atoms with van der Waals surface area (Å²) in [6.45, 7) is 3.09. The summed E-state index contributed by atoms with van der Waals surface area (Å²) in [5.74, 6) is -0.885. The largest absolute Gasteiger partial charge is 0.451 e. The lowest BCUT2D eigenvalue weighted by Gasteiger charge is -2.09. The Bertz CT molecular complexity index is 731. The van der Waals surface area contributed by atoms with Crippen molar-refractivity contribution >= 4 is 52.2 Å². The van der Waals surface area contributed by atoms with Gasteiger partial charge in [0.1, 0.15) is 4.88 Å². The number of ether oxygens (including phenoxy) is 1. The third-order valence-electron chi connectivity index (χ3n) is 2.84. The van der Waals surface area contributed by atoms with E-state index in [2.05, 4.69) is 10.3 Å². The highest BCUT2D eigenvalue weighted by molar-refractivity contribution is 7.12. The highest BCUT2D eigenvalue weighted by atomic mass is 35.5. The molecule has 0 saturated heterocycles. The van der Waals surface area contributed by atoms with Gasteiger partial charge < -0.3 is 10.1 Å². The smallest absolute Gasteiger partial charge is 0.349 e. The van der Waals surface area contributed by atoms with Crippen molar-refractivity contribution in [3.8, 4) is 0 Å². The van der Waals surface area contributed by atoms with Gasteiger partial charge >= 0.3 is 5.97 Å². The monoisotopic (exact) mass is 358 g/mol. The number of nitrogens with zero attached hydrogens (tertiary/aromatic N) is 1. The van der Waals surface area contributed by atoms with Crippen molar-refractivity contribution in [1.82, 2.24) is 4.98 Å². The number of anilines is 1. The second-order valence-corrected chi connectivity index (χ2v) is 6.15. The molecular formula is C14H12Cl2N2O3S. The number of pyridine rings is 1. The molecule has 116 valence electrons. The van der Waals surface area contributed by atoms with Crippen LogP contribution in [0.4, 0.5) is 5.82 Å². The Morgan fingerprint density at radius 3 is 2.73 bits per heavy atom. The second kappa shape index (κ2) is 7.09. The molecule has 0 aliphatic heterocycles. The number of aromatic nitrogens is 1. The van der Waals surface area contributed by atoms with E-state index in [0.29, 0.717) is 15.5 Å². The molecule has 22 heavy (non-hydrogen) atoms. The van der Waals surface area contributed by atoms with Crippen molar-refractivity contribution in [2.24, 2.45) is 0 Å². The van der Waals surface area contributed by atoms with E-state index < -0.39 is 18.5 Å². The first-order valence-electron chi connectivity index (χ1n) is 6.21. The third kappa shape index (κ3) is 3.76. The predicted octanol–water partition coefficient (Wildman–Crippen LogP) is 3.86. The van der Waals surface area contributed by atoms with Gasteiger partial charge in [0.25, 0.3) is 5.91 Å². The fraction of sp³-hybridized carbons (Fsp3) is 0.214. The normalized spacial score (nSPS) is 10.4. The van der Waals surface area contributed by atoms with Gasteiger partial charge in [-0.2, -0.15) is 0 Å². The first-order chi connectivity index (χ1) is 10.4. The molecule has 0 aliphatic carbocycles. The summed E-state index contributed by atoms with van der Waals surface area (Å²) in [5.41, 5.74) is 1.42. The fourth-order valence-corrected chi connectivity index (χ4v) is 2.80. The second-order valence-electron chi connectivity index (χ2n) is 4.45. The van der Waals surface area contributed by atoms with Crippen molar-refractivity contribution < 1.29 is 14.3 Å². The zero-order valence-electron chi connectivity index (χ0n) is 11.8. The number of amides is 1. The average molecular weight is 359 g/mol. The van der Waals surface area contributed by atoms with E-state index in [1.165, 1.54) is 17.5 Å². The molecule has 0 radical (unpaired) electrons. The van der Waals surface area contributed by atoms with E-state index in [1.807, 2.05) is 6.07 Å². The number of hydrogen-bond acceptors (Lipinski definition) is 5. The van der Waals surface area contributed by atoms with E-state index in [0.717, 1.165) is 5.56 Å². The van der Waals surface area contributed by atoms with E-state index in [4.69, 9.17) is 27.9 Å². The van der Waals surface area contributed by atoms with Gasteiger partial charge in [0, 0.05) is 6.20 Å². The Hall–Kier alpha value is -1.63. The van der Waals surface area contributed by atoms with Crippen LogP contribution in [0.15, 0.2) is 17.6 Å². The van der Waals surface area contributed by atoms with E-state index in [-0.39, 0.29) is 10.8 Å². The number of aryl methyl sites for hydroxylation is 1. The quantitative estimate of drug-likeness (QED) is 0.842. The van der Waals surface area contributed by atoms with Crippen molar-refractivity contribution in [2.75, 3.05) is 11.9 Å². The molecule has 0 atom stereocenters. The Morgan fingerprint density at radius 2 is 2.09 bits per heavy atom. The Morgan fingerprint density at radius 1 is 1.36 bits per heavy atom. The van der Waals surface area contributed by atoms with Crippen LogP contribution in [0.2, 0.25) is 10.0 Å². The summed E-state index contributed by atoms with van der Waals surface area (Å²) in [4.78, 5) is 28.0. The number of carbonyl (C=O) groups excluding carboxylic acids is 2. The third-order valence-corrected chi connectivity index (χ3v) is 4.68. The molecular weight excluding hydrogens is 347 g/mol. The van der Waals surface area contributed by atoms with Crippen LogP contribution in [0, 0.1) is 13.8 Å². The van der Waals surface area contributed by atoms with Gasteiger partial charge in [0.05, 0.1) is 10.0 Å². The van der Waals surface area contributed by atoms with Crippen LogP contribution >= 0.6 is 34.5 Å². The molecule has 0 saturated carbocycles. The standard InChI is InChI=1S/C14H12Cl2N2O3S/c1-7-3-4-22-12(7)14(20)21-6-10(19)18-13-11(16)8(2)9(15)5-17-13/h3-5H,6H2,1-2H3,(H,17,18,19). The van der Waals surface area contributed by atoms with Crippen molar-refractivity contribution in [3.05, 3.63) is 43.7 Å². The van der Waals surface area contributed by atoms with Gasteiger partial charge in [0.2, 0.25) is 0 Å². The Labute approximate surface area is 141 Å². The lowest BCUT2D eigenvalue weighted by Crippen LogP contribution is -2.21. The molecule has 0 unspecified atom stereocenters.